The summed E-state index contributed by atoms with van der Waals surface area (Å²) in [4.78, 5) is 25.6. The molecule has 1 N–H and O–H groups in total. The molecule has 2 rings (SSSR count). The topological polar surface area (TPSA) is 49.4 Å². The smallest absolute Gasteiger partial charge is 0.227 e. The summed E-state index contributed by atoms with van der Waals surface area (Å²) in [5, 5.41) is 2.29. The van der Waals surface area contributed by atoms with E-state index in [4.69, 9.17) is 0 Å². The molecule has 0 radical (unpaired) electrons. The average molecular weight is 328 g/mol. The van der Waals surface area contributed by atoms with Crippen LogP contribution in [0.1, 0.15) is 32.6 Å². The molecule has 2 amide bonds. The van der Waals surface area contributed by atoms with Gasteiger partial charge in [0, 0.05) is 25.4 Å². The van der Waals surface area contributed by atoms with E-state index in [9.17, 15) is 22.8 Å². The zero-order valence-electron chi connectivity index (χ0n) is 12.9. The first-order valence-corrected chi connectivity index (χ1v) is 7.66. The van der Waals surface area contributed by atoms with Crippen LogP contribution in [0.25, 0.3) is 0 Å². The lowest BCUT2D eigenvalue weighted by atomic mass is 9.95. The van der Waals surface area contributed by atoms with Gasteiger partial charge in [0.2, 0.25) is 11.8 Å². The van der Waals surface area contributed by atoms with Crippen molar-refractivity contribution >= 4 is 17.5 Å². The van der Waals surface area contributed by atoms with E-state index in [-0.39, 0.29) is 17.5 Å². The van der Waals surface area contributed by atoms with Crippen LogP contribution in [0.5, 0.6) is 0 Å². The number of carbonyl (C=O) groups is 2. The summed E-state index contributed by atoms with van der Waals surface area (Å²) in [5.41, 5.74) is -0.376. The van der Waals surface area contributed by atoms with Crippen LogP contribution in [0.15, 0.2) is 12.1 Å². The van der Waals surface area contributed by atoms with E-state index in [0.29, 0.717) is 32.4 Å². The predicted molar refractivity (Wildman–Crippen MR) is 79.2 cm³/mol. The fourth-order valence-corrected chi connectivity index (χ4v) is 2.62. The summed E-state index contributed by atoms with van der Waals surface area (Å²) in [6.45, 7) is 2.86. The minimum Gasteiger partial charge on any atom is -0.343 e. The van der Waals surface area contributed by atoms with Gasteiger partial charge in [0.15, 0.2) is 17.5 Å². The fraction of sp³-hybridized carbons (Fsp3) is 0.500. The van der Waals surface area contributed by atoms with Gasteiger partial charge < -0.3 is 10.2 Å². The Morgan fingerprint density at radius 1 is 1.17 bits per heavy atom. The van der Waals surface area contributed by atoms with E-state index < -0.39 is 23.4 Å². The molecule has 1 aliphatic rings. The number of rotatable bonds is 4. The molecule has 0 aromatic heterocycles. The molecule has 1 aliphatic heterocycles. The number of anilines is 1. The van der Waals surface area contributed by atoms with Gasteiger partial charge in [0.05, 0.1) is 5.69 Å². The second-order valence-corrected chi connectivity index (χ2v) is 5.62. The van der Waals surface area contributed by atoms with Crippen LogP contribution < -0.4 is 5.32 Å². The number of halogens is 3. The maximum Gasteiger partial charge on any atom is 0.227 e. The summed E-state index contributed by atoms with van der Waals surface area (Å²) in [7, 11) is 0. The Balaban J connectivity index is 1.93. The third kappa shape index (κ3) is 4.03. The number of nitrogens with zero attached hydrogens (tertiary/aromatic N) is 1. The zero-order chi connectivity index (χ0) is 17.0. The Labute approximate surface area is 132 Å². The van der Waals surface area contributed by atoms with Crippen LogP contribution in [0.4, 0.5) is 18.9 Å². The summed E-state index contributed by atoms with van der Waals surface area (Å²) in [6.07, 6.45) is 2.19. The van der Waals surface area contributed by atoms with E-state index in [1.54, 1.807) is 4.90 Å². The average Bonchev–Trinajstić information content (AvgIpc) is 2.55. The van der Waals surface area contributed by atoms with Gasteiger partial charge in [-0.2, -0.15) is 0 Å². The molecule has 126 valence electrons. The fourth-order valence-electron chi connectivity index (χ4n) is 2.62. The van der Waals surface area contributed by atoms with Crippen LogP contribution in [0.3, 0.4) is 0 Å². The van der Waals surface area contributed by atoms with Crippen molar-refractivity contribution in [2.45, 2.75) is 32.6 Å². The molecule has 7 heteroatoms. The van der Waals surface area contributed by atoms with Crippen LogP contribution in [-0.2, 0) is 9.59 Å². The summed E-state index contributed by atoms with van der Waals surface area (Å²) in [6, 6.07) is 1.76. The number of hydrogen-bond donors (Lipinski definition) is 1. The number of amides is 2. The lowest BCUT2D eigenvalue weighted by molar-refractivity contribution is -0.134. The van der Waals surface area contributed by atoms with Gasteiger partial charge in [0.1, 0.15) is 0 Å². The highest BCUT2D eigenvalue weighted by molar-refractivity contribution is 5.92. The molecule has 4 nitrogen and oxygen atoms in total. The van der Waals surface area contributed by atoms with Crippen molar-refractivity contribution in [3.8, 4) is 0 Å². The number of nitrogens with one attached hydrogen (secondary N) is 1. The number of likely N-dealkylation sites (tertiary alicyclic amines) is 1. The van der Waals surface area contributed by atoms with Gasteiger partial charge in [-0.3, -0.25) is 9.59 Å². The van der Waals surface area contributed by atoms with Crippen LogP contribution >= 0.6 is 0 Å². The van der Waals surface area contributed by atoms with E-state index in [2.05, 4.69) is 5.32 Å². The van der Waals surface area contributed by atoms with Gasteiger partial charge in [-0.15, -0.1) is 0 Å². The molecule has 0 bridgehead atoms. The molecular weight excluding hydrogens is 309 g/mol. The molecule has 1 aromatic rings. The Hall–Kier alpha value is -2.05. The SMILES string of the molecule is CCCC(=O)N1CCC(C(=O)Nc2ccc(F)c(F)c2F)CC1. The summed E-state index contributed by atoms with van der Waals surface area (Å²) in [5.74, 6) is -5.08. The largest absolute Gasteiger partial charge is 0.343 e. The molecule has 0 spiro atoms. The van der Waals surface area contributed by atoms with E-state index in [1.165, 1.54) is 0 Å². The molecule has 1 fully saturated rings. The summed E-state index contributed by atoms with van der Waals surface area (Å²) < 4.78 is 39.6. The molecule has 1 heterocycles. The molecule has 0 atom stereocenters. The van der Waals surface area contributed by atoms with Gasteiger partial charge in [-0.05, 0) is 31.4 Å². The van der Waals surface area contributed by atoms with Crippen molar-refractivity contribution in [1.82, 2.24) is 4.90 Å². The Morgan fingerprint density at radius 3 is 2.43 bits per heavy atom. The molecule has 0 saturated carbocycles. The van der Waals surface area contributed by atoms with Crippen molar-refractivity contribution in [2.24, 2.45) is 5.92 Å². The highest BCUT2D eigenvalue weighted by atomic mass is 19.2. The number of hydrogen-bond acceptors (Lipinski definition) is 2. The number of carbonyl (C=O) groups excluding carboxylic acids is 2. The quantitative estimate of drug-likeness (QED) is 0.864. The van der Waals surface area contributed by atoms with E-state index in [1.807, 2.05) is 6.92 Å². The van der Waals surface area contributed by atoms with Crippen molar-refractivity contribution in [2.75, 3.05) is 18.4 Å². The number of benzene rings is 1. The first-order chi connectivity index (χ1) is 10.9. The summed E-state index contributed by atoms with van der Waals surface area (Å²) >= 11 is 0. The second-order valence-electron chi connectivity index (χ2n) is 5.62. The monoisotopic (exact) mass is 328 g/mol. The standard InChI is InChI=1S/C16H19F3N2O2/c1-2-3-13(22)21-8-6-10(7-9-21)16(23)20-12-5-4-11(17)14(18)15(12)19/h4-5,10H,2-3,6-9H2,1H3,(H,20,23). The second kappa shape index (κ2) is 7.48. The molecule has 1 saturated heterocycles. The maximum atomic E-state index is 13.6. The first kappa shape index (κ1) is 17.3. The highest BCUT2D eigenvalue weighted by Crippen LogP contribution is 2.23. The molecule has 0 unspecified atom stereocenters. The van der Waals surface area contributed by atoms with Gasteiger partial charge in [-0.25, -0.2) is 13.2 Å². The minimum atomic E-state index is -1.61. The van der Waals surface area contributed by atoms with Gasteiger partial charge in [0.25, 0.3) is 0 Å². The third-order valence-electron chi connectivity index (χ3n) is 3.98. The first-order valence-electron chi connectivity index (χ1n) is 7.66. The van der Waals surface area contributed by atoms with Crippen molar-refractivity contribution < 1.29 is 22.8 Å². The lowest BCUT2D eigenvalue weighted by Gasteiger charge is -2.31. The normalized spacial score (nSPS) is 15.6. The molecule has 1 aromatic carbocycles. The predicted octanol–water partition coefficient (Wildman–Crippen LogP) is 3.08. The number of piperidine rings is 1. The lowest BCUT2D eigenvalue weighted by Crippen LogP contribution is -2.41. The van der Waals surface area contributed by atoms with Crippen LogP contribution in [0.2, 0.25) is 0 Å². The van der Waals surface area contributed by atoms with Crippen LogP contribution in [0, 0.1) is 23.4 Å². The van der Waals surface area contributed by atoms with Gasteiger partial charge in [-0.1, -0.05) is 6.92 Å². The van der Waals surface area contributed by atoms with E-state index >= 15 is 0 Å². The van der Waals surface area contributed by atoms with Crippen LogP contribution in [-0.4, -0.2) is 29.8 Å². The molecule has 23 heavy (non-hydrogen) atoms. The molecular formula is C16H19F3N2O2. The Bertz CT molecular complexity index is 599. The van der Waals surface area contributed by atoms with E-state index in [0.717, 1.165) is 18.6 Å². The maximum absolute atomic E-state index is 13.6. The van der Waals surface area contributed by atoms with Crippen molar-refractivity contribution in [1.29, 1.82) is 0 Å². The van der Waals surface area contributed by atoms with Crippen molar-refractivity contribution in [3.05, 3.63) is 29.6 Å². The molecule has 0 aliphatic carbocycles. The Kier molecular flexibility index (Phi) is 5.63. The zero-order valence-corrected chi connectivity index (χ0v) is 12.9. The minimum absolute atomic E-state index is 0.0676. The Morgan fingerprint density at radius 2 is 1.83 bits per heavy atom. The highest BCUT2D eigenvalue weighted by Gasteiger charge is 2.27. The van der Waals surface area contributed by atoms with Gasteiger partial charge >= 0.3 is 0 Å². The third-order valence-corrected chi connectivity index (χ3v) is 3.98. The van der Waals surface area contributed by atoms with Crippen molar-refractivity contribution in [3.63, 3.8) is 0 Å².